The van der Waals surface area contributed by atoms with Crippen molar-refractivity contribution >= 4 is 17.5 Å². The van der Waals surface area contributed by atoms with Crippen molar-refractivity contribution in [3.63, 3.8) is 0 Å². The molecule has 0 bridgehead atoms. The Morgan fingerprint density at radius 3 is 2.70 bits per heavy atom. The van der Waals surface area contributed by atoms with E-state index in [0.29, 0.717) is 17.1 Å². The summed E-state index contributed by atoms with van der Waals surface area (Å²) in [7, 11) is 1.60. The van der Waals surface area contributed by atoms with Gasteiger partial charge in [0.05, 0.1) is 23.5 Å². The number of rotatable bonds is 6. The molecule has 1 heterocycles. The molecule has 0 aliphatic heterocycles. The molecule has 0 spiro atoms. The number of hydrogen-bond donors (Lipinski definition) is 1. The third-order valence-corrected chi connectivity index (χ3v) is 4.42. The number of nitrogens with one attached hydrogen (secondary N) is 1. The summed E-state index contributed by atoms with van der Waals surface area (Å²) in [6, 6.07) is 5.46. The van der Waals surface area contributed by atoms with Gasteiger partial charge in [-0.1, -0.05) is 17.7 Å². The molecule has 1 aromatic heterocycles. The van der Waals surface area contributed by atoms with Crippen LogP contribution in [-0.2, 0) is 6.54 Å². The van der Waals surface area contributed by atoms with Gasteiger partial charge >= 0.3 is 0 Å². The van der Waals surface area contributed by atoms with Crippen LogP contribution in [0.1, 0.15) is 33.7 Å². The maximum Gasteiger partial charge on any atom is 0.251 e. The summed E-state index contributed by atoms with van der Waals surface area (Å²) in [5.74, 6) is 0.628. The molecule has 0 aliphatic rings. The molecule has 1 amide bonds. The molecule has 0 saturated heterocycles. The number of ether oxygens (including phenoxy) is 1. The second-order valence-electron chi connectivity index (χ2n) is 5.45. The number of aromatic nitrogens is 2. The summed E-state index contributed by atoms with van der Waals surface area (Å²) in [4.78, 5) is 12.3. The van der Waals surface area contributed by atoms with Crippen molar-refractivity contribution < 1.29 is 9.53 Å². The summed E-state index contributed by atoms with van der Waals surface area (Å²) in [6.07, 6.45) is 0.785. The third kappa shape index (κ3) is 3.85. The molecule has 0 fully saturated rings. The molecule has 0 saturated carbocycles. The van der Waals surface area contributed by atoms with Crippen LogP contribution in [0.3, 0.4) is 0 Å². The second kappa shape index (κ2) is 7.51. The Balaban J connectivity index is 1.89. The van der Waals surface area contributed by atoms with Gasteiger partial charge in [-0.2, -0.15) is 5.10 Å². The number of methoxy groups -OCH3 is 1. The van der Waals surface area contributed by atoms with Crippen molar-refractivity contribution in [1.82, 2.24) is 15.1 Å². The lowest BCUT2D eigenvalue weighted by Crippen LogP contribution is -2.26. The van der Waals surface area contributed by atoms with E-state index in [1.807, 2.05) is 37.6 Å². The quantitative estimate of drug-likeness (QED) is 0.824. The Bertz CT molecular complexity index is 710. The van der Waals surface area contributed by atoms with Gasteiger partial charge in [-0.05, 0) is 39.3 Å². The summed E-state index contributed by atoms with van der Waals surface area (Å²) in [5.41, 5.74) is 3.27. The van der Waals surface area contributed by atoms with Gasteiger partial charge in [0.25, 0.3) is 5.91 Å². The van der Waals surface area contributed by atoms with Crippen LogP contribution in [0.2, 0.25) is 5.02 Å². The Labute approximate surface area is 141 Å². The van der Waals surface area contributed by atoms with Crippen LogP contribution >= 0.6 is 11.6 Å². The molecule has 0 atom stereocenters. The van der Waals surface area contributed by atoms with Gasteiger partial charge in [0, 0.05) is 24.2 Å². The van der Waals surface area contributed by atoms with E-state index in [1.165, 1.54) is 0 Å². The molecule has 0 unspecified atom stereocenters. The van der Waals surface area contributed by atoms with E-state index in [9.17, 15) is 4.79 Å². The summed E-state index contributed by atoms with van der Waals surface area (Å²) in [5, 5.41) is 8.02. The minimum atomic E-state index is -0.0900. The highest BCUT2D eigenvalue weighted by atomic mass is 35.5. The van der Waals surface area contributed by atoms with Gasteiger partial charge in [-0.3, -0.25) is 9.48 Å². The van der Waals surface area contributed by atoms with Crippen molar-refractivity contribution in [2.75, 3.05) is 13.7 Å². The first kappa shape index (κ1) is 17.3. The van der Waals surface area contributed by atoms with E-state index in [4.69, 9.17) is 16.3 Å². The fourth-order valence-electron chi connectivity index (χ4n) is 2.50. The number of carbonyl (C=O) groups excluding carboxylic acids is 1. The predicted molar refractivity (Wildman–Crippen MR) is 91.4 cm³/mol. The molecular weight excluding hydrogens is 314 g/mol. The third-order valence-electron chi connectivity index (χ3n) is 3.87. The highest BCUT2D eigenvalue weighted by Crippen LogP contribution is 2.21. The van der Waals surface area contributed by atoms with Crippen LogP contribution in [0.5, 0.6) is 5.75 Å². The smallest absolute Gasteiger partial charge is 0.251 e. The highest BCUT2D eigenvalue weighted by Gasteiger charge is 2.12. The Hall–Kier alpha value is -2.01. The highest BCUT2D eigenvalue weighted by molar-refractivity contribution is 6.31. The molecular formula is C17H22ClN3O2. The maximum absolute atomic E-state index is 12.3. The average Bonchev–Trinajstić information content (AvgIpc) is 2.78. The molecule has 0 radical (unpaired) electrons. The lowest BCUT2D eigenvalue weighted by molar-refractivity contribution is 0.0951. The zero-order valence-corrected chi connectivity index (χ0v) is 14.7. The first-order valence-corrected chi connectivity index (χ1v) is 7.94. The van der Waals surface area contributed by atoms with Crippen LogP contribution in [-0.4, -0.2) is 29.3 Å². The molecule has 124 valence electrons. The van der Waals surface area contributed by atoms with Crippen LogP contribution in [0, 0.1) is 20.8 Å². The van der Waals surface area contributed by atoms with E-state index in [2.05, 4.69) is 10.4 Å². The van der Waals surface area contributed by atoms with E-state index in [1.54, 1.807) is 13.2 Å². The van der Waals surface area contributed by atoms with E-state index >= 15 is 0 Å². The molecule has 0 aliphatic carbocycles. The molecule has 1 N–H and O–H groups in total. The lowest BCUT2D eigenvalue weighted by atomic mass is 10.1. The van der Waals surface area contributed by atoms with Crippen LogP contribution in [0.25, 0.3) is 0 Å². The number of hydrogen-bond acceptors (Lipinski definition) is 3. The zero-order chi connectivity index (χ0) is 17.0. The van der Waals surface area contributed by atoms with E-state index in [-0.39, 0.29) is 5.91 Å². The number of halogens is 1. The largest absolute Gasteiger partial charge is 0.496 e. The first-order valence-electron chi connectivity index (χ1n) is 7.57. The SMILES string of the molecule is COc1cccc(C(=O)NCCCn2nc(C)c(Cl)c2C)c1C. The Kier molecular flexibility index (Phi) is 5.66. The molecule has 5 nitrogen and oxygen atoms in total. The van der Waals surface area contributed by atoms with E-state index in [0.717, 1.165) is 35.7 Å². The lowest BCUT2D eigenvalue weighted by Gasteiger charge is -2.11. The molecule has 2 aromatic rings. The number of amides is 1. The monoisotopic (exact) mass is 335 g/mol. The molecule has 23 heavy (non-hydrogen) atoms. The predicted octanol–water partition coefficient (Wildman–Crippen LogP) is 3.29. The van der Waals surface area contributed by atoms with Gasteiger partial charge < -0.3 is 10.1 Å². The number of nitrogens with zero attached hydrogens (tertiary/aromatic N) is 2. The van der Waals surface area contributed by atoms with Gasteiger partial charge in [0.1, 0.15) is 5.75 Å². The first-order chi connectivity index (χ1) is 11.0. The van der Waals surface area contributed by atoms with Gasteiger partial charge in [0.2, 0.25) is 0 Å². The minimum absolute atomic E-state index is 0.0900. The summed E-state index contributed by atoms with van der Waals surface area (Å²) < 4.78 is 7.12. The van der Waals surface area contributed by atoms with Gasteiger partial charge in [0.15, 0.2) is 0 Å². The number of carbonyl (C=O) groups is 1. The minimum Gasteiger partial charge on any atom is -0.496 e. The zero-order valence-electron chi connectivity index (χ0n) is 13.9. The summed E-state index contributed by atoms with van der Waals surface area (Å²) in [6.45, 7) is 7.01. The number of aryl methyl sites for hydroxylation is 2. The van der Waals surface area contributed by atoms with Crippen molar-refractivity contribution in [2.45, 2.75) is 33.7 Å². The normalized spacial score (nSPS) is 10.7. The van der Waals surface area contributed by atoms with Crippen LogP contribution < -0.4 is 10.1 Å². The van der Waals surface area contributed by atoms with Crippen molar-refractivity contribution in [3.05, 3.63) is 45.7 Å². The second-order valence-corrected chi connectivity index (χ2v) is 5.83. The standard InChI is InChI=1S/C17H22ClN3O2/c1-11-14(7-5-8-15(11)23-4)17(22)19-9-6-10-21-13(3)16(18)12(2)20-21/h5,7-8H,6,9-10H2,1-4H3,(H,19,22). The Morgan fingerprint density at radius 2 is 2.09 bits per heavy atom. The fourth-order valence-corrected chi connectivity index (χ4v) is 2.64. The molecule has 6 heteroatoms. The van der Waals surface area contributed by atoms with Crippen molar-refractivity contribution in [3.8, 4) is 5.75 Å². The topological polar surface area (TPSA) is 56.1 Å². The molecule has 1 aromatic carbocycles. The molecule has 2 rings (SSSR count). The fraction of sp³-hybridized carbons (Fsp3) is 0.412. The van der Waals surface area contributed by atoms with E-state index < -0.39 is 0 Å². The maximum atomic E-state index is 12.3. The summed E-state index contributed by atoms with van der Waals surface area (Å²) >= 11 is 6.12. The van der Waals surface area contributed by atoms with Crippen molar-refractivity contribution in [1.29, 1.82) is 0 Å². The Morgan fingerprint density at radius 1 is 1.35 bits per heavy atom. The average molecular weight is 336 g/mol. The number of benzene rings is 1. The van der Waals surface area contributed by atoms with Crippen molar-refractivity contribution in [2.24, 2.45) is 0 Å². The van der Waals surface area contributed by atoms with Crippen LogP contribution in [0.4, 0.5) is 0 Å². The van der Waals surface area contributed by atoms with Gasteiger partial charge in [-0.15, -0.1) is 0 Å². The van der Waals surface area contributed by atoms with Gasteiger partial charge in [-0.25, -0.2) is 0 Å². The van der Waals surface area contributed by atoms with Crippen LogP contribution in [0.15, 0.2) is 18.2 Å².